The van der Waals surface area contributed by atoms with E-state index in [2.05, 4.69) is 10.6 Å². The Morgan fingerprint density at radius 1 is 1.07 bits per heavy atom. The number of carbonyl (C=O) groups excluding carboxylic acids is 1. The minimum atomic E-state index is -0.408. The summed E-state index contributed by atoms with van der Waals surface area (Å²) in [7, 11) is 0. The third-order valence-electron chi connectivity index (χ3n) is 4.96. The highest BCUT2D eigenvalue weighted by Gasteiger charge is 2.15. The highest BCUT2D eigenvalue weighted by atomic mass is 35.5. The van der Waals surface area contributed by atoms with E-state index in [1.807, 2.05) is 63.2 Å². The molecule has 0 spiro atoms. The number of aromatic nitrogens is 1. The fraction of sp³-hybridized carbons (Fsp3) is 0.250. The Balaban J connectivity index is 1.78. The maximum atomic E-state index is 12.9. The highest BCUT2D eigenvalue weighted by molar-refractivity contribution is 6.31. The number of hydrogen-bond donors (Lipinski definition) is 2. The number of pyridine rings is 1. The van der Waals surface area contributed by atoms with E-state index >= 15 is 0 Å². The molecule has 156 valence electrons. The lowest BCUT2D eigenvalue weighted by atomic mass is 10.0. The average molecular weight is 424 g/mol. The molecule has 0 aliphatic rings. The number of carbonyl (C=O) groups is 1. The van der Waals surface area contributed by atoms with Crippen LogP contribution in [0.5, 0.6) is 0 Å². The minimum Gasteiger partial charge on any atom is -0.331 e. The Labute approximate surface area is 181 Å². The van der Waals surface area contributed by atoms with Gasteiger partial charge in [-0.3, -0.25) is 4.79 Å². The third-order valence-corrected chi connectivity index (χ3v) is 5.33. The van der Waals surface area contributed by atoms with Crippen LogP contribution < -0.4 is 16.2 Å². The first-order valence-electron chi connectivity index (χ1n) is 9.96. The summed E-state index contributed by atoms with van der Waals surface area (Å²) in [5.41, 5.74) is 3.85. The number of amides is 2. The molecule has 0 aliphatic carbocycles. The van der Waals surface area contributed by atoms with Crippen molar-refractivity contribution in [1.82, 2.24) is 9.88 Å². The van der Waals surface area contributed by atoms with Crippen LogP contribution in [0.4, 0.5) is 10.5 Å². The number of hydrogen-bond acceptors (Lipinski definition) is 2. The van der Waals surface area contributed by atoms with Gasteiger partial charge in [0.15, 0.2) is 0 Å². The molecule has 0 saturated heterocycles. The van der Waals surface area contributed by atoms with Crippen molar-refractivity contribution >= 4 is 23.3 Å². The molecule has 0 aliphatic heterocycles. The van der Waals surface area contributed by atoms with Crippen molar-refractivity contribution in [3.8, 4) is 0 Å². The van der Waals surface area contributed by atoms with Crippen molar-refractivity contribution in [2.45, 2.75) is 39.8 Å². The molecule has 2 amide bonds. The van der Waals surface area contributed by atoms with Crippen LogP contribution in [0, 0.1) is 13.8 Å². The minimum absolute atomic E-state index is 0.138. The first kappa shape index (κ1) is 21.7. The van der Waals surface area contributed by atoms with Crippen LogP contribution in [0.3, 0.4) is 0 Å². The zero-order chi connectivity index (χ0) is 21.7. The second kappa shape index (κ2) is 9.63. The number of aryl methyl sites for hydroxylation is 2. The summed E-state index contributed by atoms with van der Waals surface area (Å²) in [6.45, 7) is 6.24. The van der Waals surface area contributed by atoms with E-state index in [0.717, 1.165) is 28.7 Å². The smallest absolute Gasteiger partial charge is 0.319 e. The van der Waals surface area contributed by atoms with Crippen molar-refractivity contribution in [3.63, 3.8) is 0 Å². The summed E-state index contributed by atoms with van der Waals surface area (Å²) in [6.07, 6.45) is 2.50. The lowest BCUT2D eigenvalue weighted by molar-refractivity contribution is 0.248. The van der Waals surface area contributed by atoms with Crippen LogP contribution in [-0.2, 0) is 6.54 Å². The van der Waals surface area contributed by atoms with Gasteiger partial charge < -0.3 is 15.2 Å². The molecule has 0 saturated carbocycles. The number of halogens is 1. The molecular formula is C24H26ClN3O2. The van der Waals surface area contributed by atoms with Crippen molar-refractivity contribution in [2.75, 3.05) is 5.32 Å². The van der Waals surface area contributed by atoms with E-state index in [9.17, 15) is 9.59 Å². The lowest BCUT2D eigenvalue weighted by Crippen LogP contribution is -2.35. The average Bonchev–Trinajstić information content (AvgIpc) is 2.72. The second-order valence-corrected chi connectivity index (χ2v) is 7.83. The predicted octanol–water partition coefficient (Wildman–Crippen LogP) is 5.44. The van der Waals surface area contributed by atoms with Crippen LogP contribution in [0.2, 0.25) is 5.02 Å². The van der Waals surface area contributed by atoms with Gasteiger partial charge in [-0.15, -0.1) is 0 Å². The van der Waals surface area contributed by atoms with Crippen molar-refractivity contribution in [3.05, 3.63) is 98.4 Å². The topological polar surface area (TPSA) is 63.1 Å². The number of nitrogens with one attached hydrogen (secondary N) is 2. The highest BCUT2D eigenvalue weighted by Crippen LogP contribution is 2.18. The van der Waals surface area contributed by atoms with Gasteiger partial charge in [0.05, 0.1) is 12.6 Å². The molecule has 30 heavy (non-hydrogen) atoms. The molecule has 1 atom stereocenters. The quantitative estimate of drug-likeness (QED) is 0.554. The number of urea groups is 1. The van der Waals surface area contributed by atoms with Crippen LogP contribution in [0.15, 0.2) is 65.6 Å². The molecule has 3 rings (SSSR count). The fourth-order valence-electron chi connectivity index (χ4n) is 3.34. The molecule has 3 aromatic rings. The van der Waals surface area contributed by atoms with Gasteiger partial charge in [-0.05, 0) is 49.1 Å². The molecule has 2 N–H and O–H groups in total. The zero-order valence-electron chi connectivity index (χ0n) is 17.4. The summed E-state index contributed by atoms with van der Waals surface area (Å²) in [6, 6.07) is 16.6. The fourth-order valence-corrected chi connectivity index (χ4v) is 3.53. The van der Waals surface area contributed by atoms with Gasteiger partial charge in [0.2, 0.25) is 0 Å². The van der Waals surface area contributed by atoms with Crippen LogP contribution in [0.1, 0.15) is 41.6 Å². The molecule has 0 fully saturated rings. The van der Waals surface area contributed by atoms with E-state index in [4.69, 9.17) is 11.6 Å². The summed E-state index contributed by atoms with van der Waals surface area (Å²) in [5, 5.41) is 6.28. The molecule has 2 aromatic carbocycles. The molecule has 0 radical (unpaired) electrons. The van der Waals surface area contributed by atoms with Gasteiger partial charge >= 0.3 is 6.03 Å². The van der Waals surface area contributed by atoms with E-state index < -0.39 is 6.03 Å². The molecule has 1 aromatic heterocycles. The molecule has 0 unspecified atom stereocenters. The van der Waals surface area contributed by atoms with Gasteiger partial charge in [0.25, 0.3) is 5.56 Å². The molecule has 5 nitrogen and oxygen atoms in total. The van der Waals surface area contributed by atoms with Crippen LogP contribution >= 0.6 is 11.6 Å². The standard InChI is InChI=1S/C24H26ClN3O2/c1-4-21(18-11-9-16(2)10-12-18)26-24(30)27-22-13-17(3)14-28(23(22)29)15-19-7-5-6-8-20(19)25/h5-14,21H,4,15H2,1-3H3,(H2,26,27,30)/t21-/m0/s1. The van der Waals surface area contributed by atoms with Gasteiger partial charge in [-0.2, -0.15) is 0 Å². The van der Waals surface area contributed by atoms with E-state index in [-0.39, 0.29) is 17.3 Å². The maximum absolute atomic E-state index is 12.9. The van der Waals surface area contributed by atoms with Crippen LogP contribution in [0.25, 0.3) is 0 Å². The normalized spacial score (nSPS) is 11.7. The summed E-state index contributed by atoms with van der Waals surface area (Å²) in [5.74, 6) is 0. The van der Waals surface area contributed by atoms with Gasteiger partial charge in [0.1, 0.15) is 5.69 Å². The third kappa shape index (κ3) is 5.30. The Morgan fingerprint density at radius 2 is 1.77 bits per heavy atom. The van der Waals surface area contributed by atoms with E-state index in [0.29, 0.717) is 11.6 Å². The summed E-state index contributed by atoms with van der Waals surface area (Å²) in [4.78, 5) is 25.5. The molecule has 1 heterocycles. The van der Waals surface area contributed by atoms with Crippen LogP contribution in [-0.4, -0.2) is 10.6 Å². The summed E-state index contributed by atoms with van der Waals surface area (Å²) >= 11 is 6.24. The molecule has 6 heteroatoms. The Bertz CT molecular complexity index is 1090. The Kier molecular flexibility index (Phi) is 6.95. The predicted molar refractivity (Wildman–Crippen MR) is 122 cm³/mol. The van der Waals surface area contributed by atoms with Crippen molar-refractivity contribution in [1.29, 1.82) is 0 Å². The second-order valence-electron chi connectivity index (χ2n) is 7.43. The van der Waals surface area contributed by atoms with Crippen molar-refractivity contribution < 1.29 is 4.79 Å². The van der Waals surface area contributed by atoms with Gasteiger partial charge in [-0.25, -0.2) is 4.79 Å². The van der Waals surface area contributed by atoms with E-state index in [1.54, 1.807) is 22.9 Å². The zero-order valence-corrected chi connectivity index (χ0v) is 18.2. The molecular weight excluding hydrogens is 398 g/mol. The molecule has 0 bridgehead atoms. The van der Waals surface area contributed by atoms with Crippen molar-refractivity contribution in [2.24, 2.45) is 0 Å². The van der Waals surface area contributed by atoms with Gasteiger partial charge in [0, 0.05) is 11.2 Å². The first-order chi connectivity index (χ1) is 14.4. The SMILES string of the molecule is CC[C@H](NC(=O)Nc1cc(C)cn(Cc2ccccc2Cl)c1=O)c1ccc(C)cc1. The first-order valence-corrected chi connectivity index (χ1v) is 10.3. The van der Waals surface area contributed by atoms with E-state index in [1.165, 1.54) is 0 Å². The Morgan fingerprint density at radius 3 is 2.43 bits per heavy atom. The Hall–Kier alpha value is -3.05. The maximum Gasteiger partial charge on any atom is 0.319 e. The summed E-state index contributed by atoms with van der Waals surface area (Å²) < 4.78 is 1.56. The number of rotatable bonds is 6. The number of nitrogens with zero attached hydrogens (tertiary/aromatic N) is 1. The van der Waals surface area contributed by atoms with Gasteiger partial charge in [-0.1, -0.05) is 66.6 Å². The monoisotopic (exact) mass is 423 g/mol. The number of anilines is 1. The largest absolute Gasteiger partial charge is 0.331 e. The number of benzene rings is 2. The lowest BCUT2D eigenvalue weighted by Gasteiger charge is -2.18.